The highest BCUT2D eigenvalue weighted by Gasteiger charge is 2.23. The molecule has 1 aromatic rings. The first-order chi connectivity index (χ1) is 8.81. The van der Waals surface area contributed by atoms with Crippen molar-refractivity contribution in [2.45, 2.75) is 32.6 Å². The van der Waals surface area contributed by atoms with Gasteiger partial charge in [0.2, 0.25) is 5.91 Å². The van der Waals surface area contributed by atoms with Gasteiger partial charge in [0.25, 0.3) is 0 Å². The molecule has 1 aliphatic heterocycles. The van der Waals surface area contributed by atoms with Gasteiger partial charge in [-0.25, -0.2) is 0 Å². The van der Waals surface area contributed by atoms with Crippen LogP contribution in [0.15, 0.2) is 24.3 Å². The molecular weight excluding hydrogens is 226 g/mol. The largest absolute Gasteiger partial charge is 0.493 e. The average Bonchev–Trinajstić information content (AvgIpc) is 2.61. The third-order valence-corrected chi connectivity index (χ3v) is 3.36. The summed E-state index contributed by atoms with van der Waals surface area (Å²) in [5, 5.41) is 3.02. The van der Waals surface area contributed by atoms with E-state index < -0.39 is 0 Å². The van der Waals surface area contributed by atoms with E-state index in [1.165, 1.54) is 0 Å². The van der Waals surface area contributed by atoms with Crippen molar-refractivity contribution in [1.82, 2.24) is 5.32 Å². The van der Waals surface area contributed by atoms with Crippen LogP contribution in [0.2, 0.25) is 0 Å². The first-order valence-electron chi connectivity index (χ1n) is 6.79. The molecule has 1 amide bonds. The summed E-state index contributed by atoms with van der Waals surface area (Å²) in [5.74, 6) is 1.15. The van der Waals surface area contributed by atoms with Gasteiger partial charge in [0.15, 0.2) is 0 Å². The topological polar surface area (TPSA) is 38.3 Å². The van der Waals surface area contributed by atoms with E-state index >= 15 is 0 Å². The van der Waals surface area contributed by atoms with Gasteiger partial charge in [-0.05, 0) is 30.9 Å². The lowest BCUT2D eigenvalue weighted by molar-refractivity contribution is -0.125. The molecule has 0 aromatic heterocycles. The summed E-state index contributed by atoms with van der Waals surface area (Å²) in [7, 11) is 0. The van der Waals surface area contributed by atoms with Gasteiger partial charge >= 0.3 is 0 Å². The maximum Gasteiger partial charge on any atom is 0.223 e. The summed E-state index contributed by atoms with van der Waals surface area (Å²) in [6.07, 6.45) is 3.74. The zero-order valence-electron chi connectivity index (χ0n) is 10.9. The Hall–Kier alpha value is -1.51. The van der Waals surface area contributed by atoms with E-state index in [0.29, 0.717) is 6.61 Å². The number of nitrogens with one attached hydrogen (secondary N) is 1. The summed E-state index contributed by atoms with van der Waals surface area (Å²) < 4.78 is 5.67. The van der Waals surface area contributed by atoms with Crippen LogP contribution in [-0.4, -0.2) is 19.1 Å². The maximum absolute atomic E-state index is 12.1. The fourth-order valence-corrected chi connectivity index (χ4v) is 2.25. The van der Waals surface area contributed by atoms with Crippen molar-refractivity contribution in [3.05, 3.63) is 29.8 Å². The van der Waals surface area contributed by atoms with Crippen LogP contribution < -0.4 is 10.1 Å². The Balaban J connectivity index is 1.97. The van der Waals surface area contributed by atoms with Crippen LogP contribution >= 0.6 is 0 Å². The van der Waals surface area contributed by atoms with Gasteiger partial charge in [0.1, 0.15) is 5.75 Å². The number of hydrogen-bond acceptors (Lipinski definition) is 2. The summed E-state index contributed by atoms with van der Waals surface area (Å²) in [6, 6.07) is 8.00. The standard InChI is InChI=1S/C15H21NO2/c1-2-3-9-16-15(17)13-8-10-18-14-7-5-4-6-12(14)11-13/h4-7,13H,2-3,8-11H2,1H3,(H,16,17). The van der Waals surface area contributed by atoms with Crippen LogP contribution in [0.4, 0.5) is 0 Å². The molecule has 1 heterocycles. The molecular formula is C15H21NO2. The molecule has 18 heavy (non-hydrogen) atoms. The van der Waals surface area contributed by atoms with Gasteiger partial charge in [-0.1, -0.05) is 31.5 Å². The van der Waals surface area contributed by atoms with Crippen molar-refractivity contribution in [3.63, 3.8) is 0 Å². The number of fused-ring (bicyclic) bond motifs is 1. The molecule has 0 bridgehead atoms. The van der Waals surface area contributed by atoms with Gasteiger partial charge in [-0.2, -0.15) is 0 Å². The number of unbranched alkanes of at least 4 members (excludes halogenated alkanes) is 1. The van der Waals surface area contributed by atoms with Crippen LogP contribution in [0.25, 0.3) is 0 Å². The average molecular weight is 247 g/mol. The van der Waals surface area contributed by atoms with Crippen LogP contribution in [0, 0.1) is 5.92 Å². The minimum atomic E-state index is 0.0468. The van der Waals surface area contributed by atoms with Crippen LogP contribution in [0.5, 0.6) is 5.75 Å². The second-order valence-electron chi connectivity index (χ2n) is 4.79. The molecule has 0 spiro atoms. The molecule has 1 N–H and O–H groups in total. The predicted octanol–water partition coefficient (Wildman–Crippen LogP) is 2.54. The van der Waals surface area contributed by atoms with Gasteiger partial charge in [0, 0.05) is 12.5 Å². The van der Waals surface area contributed by atoms with Crippen molar-refractivity contribution in [2.75, 3.05) is 13.2 Å². The number of amides is 1. The number of rotatable bonds is 4. The third-order valence-electron chi connectivity index (χ3n) is 3.36. The summed E-state index contributed by atoms with van der Waals surface area (Å²) >= 11 is 0. The Morgan fingerprint density at radius 1 is 1.44 bits per heavy atom. The van der Waals surface area contributed by atoms with E-state index in [9.17, 15) is 4.79 Å². The van der Waals surface area contributed by atoms with Crippen molar-refractivity contribution in [3.8, 4) is 5.75 Å². The maximum atomic E-state index is 12.1. The molecule has 1 aliphatic rings. The fourth-order valence-electron chi connectivity index (χ4n) is 2.25. The Bertz CT molecular complexity index is 403. The lowest BCUT2D eigenvalue weighted by Crippen LogP contribution is -2.32. The molecule has 0 saturated heterocycles. The highest BCUT2D eigenvalue weighted by molar-refractivity contribution is 5.79. The van der Waals surface area contributed by atoms with Crippen molar-refractivity contribution < 1.29 is 9.53 Å². The quantitative estimate of drug-likeness (QED) is 0.830. The van der Waals surface area contributed by atoms with Crippen LogP contribution in [-0.2, 0) is 11.2 Å². The number of carbonyl (C=O) groups excluding carboxylic acids is 1. The Kier molecular flexibility index (Phi) is 4.62. The summed E-state index contributed by atoms with van der Waals surface area (Å²) in [6.45, 7) is 3.54. The number of hydrogen-bond donors (Lipinski definition) is 1. The normalized spacial score (nSPS) is 18.4. The molecule has 98 valence electrons. The zero-order valence-corrected chi connectivity index (χ0v) is 10.9. The van der Waals surface area contributed by atoms with Gasteiger partial charge in [-0.15, -0.1) is 0 Å². The number of ether oxygens (including phenoxy) is 1. The molecule has 3 nitrogen and oxygen atoms in total. The molecule has 1 atom stereocenters. The third kappa shape index (κ3) is 3.25. The highest BCUT2D eigenvalue weighted by atomic mass is 16.5. The summed E-state index contributed by atoms with van der Waals surface area (Å²) in [4.78, 5) is 12.1. The second-order valence-corrected chi connectivity index (χ2v) is 4.79. The molecule has 0 radical (unpaired) electrons. The first kappa shape index (κ1) is 12.9. The number of carbonyl (C=O) groups is 1. The minimum absolute atomic E-state index is 0.0468. The smallest absolute Gasteiger partial charge is 0.223 e. The molecule has 0 fully saturated rings. The SMILES string of the molecule is CCCCNC(=O)C1CCOc2ccccc2C1. The molecule has 0 saturated carbocycles. The number of para-hydroxylation sites is 1. The van der Waals surface area contributed by atoms with Crippen molar-refractivity contribution in [1.29, 1.82) is 0 Å². The van der Waals surface area contributed by atoms with Gasteiger partial charge in [0.05, 0.1) is 6.61 Å². The van der Waals surface area contributed by atoms with Crippen LogP contribution in [0.3, 0.4) is 0 Å². The Labute approximate surface area is 109 Å². The molecule has 3 heteroatoms. The van der Waals surface area contributed by atoms with Crippen molar-refractivity contribution >= 4 is 5.91 Å². The monoisotopic (exact) mass is 247 g/mol. The van der Waals surface area contributed by atoms with E-state index in [0.717, 1.165) is 43.5 Å². The number of benzene rings is 1. The Morgan fingerprint density at radius 2 is 2.28 bits per heavy atom. The van der Waals surface area contributed by atoms with Gasteiger partial charge < -0.3 is 10.1 Å². The second kappa shape index (κ2) is 6.43. The van der Waals surface area contributed by atoms with Crippen molar-refractivity contribution in [2.24, 2.45) is 5.92 Å². The summed E-state index contributed by atoms with van der Waals surface area (Å²) in [5.41, 5.74) is 1.14. The van der Waals surface area contributed by atoms with Crippen LogP contribution in [0.1, 0.15) is 31.7 Å². The van der Waals surface area contributed by atoms with E-state index in [1.54, 1.807) is 0 Å². The molecule has 1 aromatic carbocycles. The first-order valence-corrected chi connectivity index (χ1v) is 6.79. The van der Waals surface area contributed by atoms with Gasteiger partial charge in [-0.3, -0.25) is 4.79 Å². The minimum Gasteiger partial charge on any atom is -0.493 e. The predicted molar refractivity (Wildman–Crippen MR) is 71.7 cm³/mol. The van der Waals surface area contributed by atoms with E-state index in [1.807, 2.05) is 24.3 Å². The Morgan fingerprint density at radius 3 is 3.11 bits per heavy atom. The van der Waals surface area contributed by atoms with E-state index in [-0.39, 0.29) is 11.8 Å². The molecule has 1 unspecified atom stereocenters. The lowest BCUT2D eigenvalue weighted by atomic mass is 9.96. The van der Waals surface area contributed by atoms with E-state index in [2.05, 4.69) is 12.2 Å². The lowest BCUT2D eigenvalue weighted by Gasteiger charge is -2.13. The zero-order chi connectivity index (χ0) is 12.8. The van der Waals surface area contributed by atoms with E-state index in [4.69, 9.17) is 4.74 Å². The molecule has 0 aliphatic carbocycles. The molecule has 2 rings (SSSR count). The fraction of sp³-hybridized carbons (Fsp3) is 0.533. The highest BCUT2D eigenvalue weighted by Crippen LogP contribution is 2.26.